The van der Waals surface area contributed by atoms with Gasteiger partial charge in [0.2, 0.25) is 0 Å². The quantitative estimate of drug-likeness (QED) is 0.878. The van der Waals surface area contributed by atoms with Crippen LogP contribution in [0.1, 0.15) is 65.2 Å². The van der Waals surface area contributed by atoms with Crippen molar-refractivity contribution in [3.8, 4) is 0 Å². The van der Waals surface area contributed by atoms with Gasteiger partial charge in [0.1, 0.15) is 12.4 Å². The van der Waals surface area contributed by atoms with E-state index in [0.29, 0.717) is 11.7 Å². The molecule has 1 fully saturated rings. The molecular weight excluding hydrogens is 214 g/mol. The number of rotatable bonds is 3. The Kier molecular flexibility index (Phi) is 2.62. The molecule has 0 amide bonds. The van der Waals surface area contributed by atoms with E-state index in [9.17, 15) is 5.11 Å². The minimum absolute atomic E-state index is 0.0429. The molecule has 1 aromatic heterocycles. The van der Waals surface area contributed by atoms with Crippen LogP contribution in [0.3, 0.4) is 0 Å². The zero-order chi connectivity index (χ0) is 13.0. The van der Waals surface area contributed by atoms with E-state index in [4.69, 9.17) is 0 Å². The van der Waals surface area contributed by atoms with Crippen molar-refractivity contribution in [1.82, 2.24) is 14.8 Å². The fraction of sp³-hybridized carbons (Fsp3) is 0.846. The number of nitrogens with zero attached hydrogens (tertiary/aromatic N) is 3. The number of hydrogen-bond donors (Lipinski definition) is 1. The Balaban J connectivity index is 2.45. The second-order valence-corrected chi connectivity index (χ2v) is 6.47. The zero-order valence-electron chi connectivity index (χ0n) is 11.7. The molecule has 1 N–H and O–H groups in total. The van der Waals surface area contributed by atoms with Crippen LogP contribution in [0.2, 0.25) is 0 Å². The van der Waals surface area contributed by atoms with Gasteiger partial charge in [-0.1, -0.05) is 27.7 Å². The van der Waals surface area contributed by atoms with Gasteiger partial charge in [0.05, 0.1) is 0 Å². The third-order valence-corrected chi connectivity index (χ3v) is 4.73. The smallest absolute Gasteiger partial charge is 0.159 e. The summed E-state index contributed by atoms with van der Waals surface area (Å²) in [6.07, 6.45) is 0. The molecule has 0 spiro atoms. The van der Waals surface area contributed by atoms with E-state index < -0.39 is 0 Å². The van der Waals surface area contributed by atoms with Crippen LogP contribution in [0.15, 0.2) is 0 Å². The van der Waals surface area contributed by atoms with Crippen LogP contribution < -0.4 is 0 Å². The Labute approximate surface area is 103 Å². The van der Waals surface area contributed by atoms with Gasteiger partial charge in [-0.2, -0.15) is 0 Å². The van der Waals surface area contributed by atoms with E-state index in [1.807, 2.05) is 0 Å². The lowest BCUT2D eigenvalue weighted by molar-refractivity contribution is 0.261. The van der Waals surface area contributed by atoms with E-state index in [0.717, 1.165) is 5.82 Å². The summed E-state index contributed by atoms with van der Waals surface area (Å²) >= 11 is 0. The van der Waals surface area contributed by atoms with Crippen LogP contribution >= 0.6 is 0 Å². The van der Waals surface area contributed by atoms with Gasteiger partial charge < -0.3 is 9.67 Å². The van der Waals surface area contributed by atoms with Crippen molar-refractivity contribution in [2.45, 2.75) is 60.1 Å². The lowest BCUT2D eigenvalue weighted by Gasteiger charge is -2.14. The Morgan fingerprint density at radius 1 is 1.18 bits per heavy atom. The zero-order valence-corrected chi connectivity index (χ0v) is 11.7. The standard InChI is InChI=1S/C13H23N3O/c1-8(2)16-9(7-17)14-15-11(16)10-12(3,4)13(10,5)6/h8,10,17H,7H2,1-6H3. The van der Waals surface area contributed by atoms with Gasteiger partial charge in [-0.15, -0.1) is 10.2 Å². The van der Waals surface area contributed by atoms with Crippen molar-refractivity contribution >= 4 is 0 Å². The van der Waals surface area contributed by atoms with E-state index in [2.05, 4.69) is 56.3 Å². The van der Waals surface area contributed by atoms with Gasteiger partial charge in [-0.3, -0.25) is 0 Å². The topological polar surface area (TPSA) is 50.9 Å². The SMILES string of the molecule is CC(C)n1c(CO)nnc1C1C(C)(C)C1(C)C. The van der Waals surface area contributed by atoms with Crippen LogP contribution in [0, 0.1) is 10.8 Å². The van der Waals surface area contributed by atoms with Gasteiger partial charge in [0.25, 0.3) is 0 Å². The maximum atomic E-state index is 9.32. The first kappa shape index (κ1) is 12.6. The van der Waals surface area contributed by atoms with Gasteiger partial charge in [0, 0.05) is 12.0 Å². The first-order valence-electron chi connectivity index (χ1n) is 6.29. The van der Waals surface area contributed by atoms with Crippen molar-refractivity contribution in [3.05, 3.63) is 11.6 Å². The molecule has 1 aliphatic carbocycles. The molecule has 4 nitrogen and oxygen atoms in total. The van der Waals surface area contributed by atoms with Crippen LogP contribution in [0.25, 0.3) is 0 Å². The largest absolute Gasteiger partial charge is 0.388 e. The molecule has 0 aliphatic heterocycles. The van der Waals surface area contributed by atoms with Crippen LogP contribution in [-0.2, 0) is 6.61 Å². The Bertz CT molecular complexity index is 418. The molecule has 1 saturated carbocycles. The second-order valence-electron chi connectivity index (χ2n) is 6.47. The predicted molar refractivity (Wildman–Crippen MR) is 66.6 cm³/mol. The number of aliphatic hydroxyl groups excluding tert-OH is 1. The second kappa shape index (κ2) is 3.55. The first-order valence-corrected chi connectivity index (χ1v) is 6.29. The summed E-state index contributed by atoms with van der Waals surface area (Å²) < 4.78 is 2.08. The molecule has 17 heavy (non-hydrogen) atoms. The van der Waals surface area contributed by atoms with E-state index in [1.54, 1.807) is 0 Å². The monoisotopic (exact) mass is 237 g/mol. The Hall–Kier alpha value is -0.900. The average Bonchev–Trinajstić information content (AvgIpc) is 2.57. The molecule has 96 valence electrons. The van der Waals surface area contributed by atoms with Gasteiger partial charge in [0.15, 0.2) is 5.82 Å². The Morgan fingerprint density at radius 2 is 1.71 bits per heavy atom. The van der Waals surface area contributed by atoms with Crippen molar-refractivity contribution < 1.29 is 5.11 Å². The van der Waals surface area contributed by atoms with Gasteiger partial charge in [-0.05, 0) is 24.7 Å². The van der Waals surface area contributed by atoms with E-state index >= 15 is 0 Å². The summed E-state index contributed by atoms with van der Waals surface area (Å²) in [4.78, 5) is 0. The molecule has 0 unspecified atom stereocenters. The number of aliphatic hydroxyl groups is 1. The highest BCUT2D eigenvalue weighted by atomic mass is 16.3. The van der Waals surface area contributed by atoms with E-state index in [-0.39, 0.29) is 23.5 Å². The highest BCUT2D eigenvalue weighted by Gasteiger charge is 2.67. The highest BCUT2D eigenvalue weighted by molar-refractivity contribution is 5.27. The van der Waals surface area contributed by atoms with Crippen molar-refractivity contribution in [3.63, 3.8) is 0 Å². The number of hydrogen-bond acceptors (Lipinski definition) is 3. The average molecular weight is 237 g/mol. The normalized spacial score (nSPS) is 22.1. The summed E-state index contributed by atoms with van der Waals surface area (Å²) in [6, 6.07) is 0.286. The third-order valence-electron chi connectivity index (χ3n) is 4.73. The van der Waals surface area contributed by atoms with Crippen molar-refractivity contribution in [2.24, 2.45) is 10.8 Å². The van der Waals surface area contributed by atoms with Crippen LogP contribution in [0.4, 0.5) is 0 Å². The summed E-state index contributed by atoms with van der Waals surface area (Å²) in [5, 5.41) is 17.7. The molecule has 0 saturated heterocycles. The number of aromatic nitrogens is 3. The molecule has 2 rings (SSSR count). The van der Waals surface area contributed by atoms with Gasteiger partial charge in [-0.25, -0.2) is 0 Å². The van der Waals surface area contributed by atoms with Crippen molar-refractivity contribution in [2.75, 3.05) is 0 Å². The summed E-state index contributed by atoms with van der Waals surface area (Å²) in [6.45, 7) is 13.3. The van der Waals surface area contributed by atoms with Crippen molar-refractivity contribution in [1.29, 1.82) is 0 Å². The maximum Gasteiger partial charge on any atom is 0.159 e. The van der Waals surface area contributed by atoms with Gasteiger partial charge >= 0.3 is 0 Å². The molecule has 0 atom stereocenters. The molecule has 0 radical (unpaired) electrons. The summed E-state index contributed by atoms with van der Waals surface area (Å²) in [5.74, 6) is 2.12. The predicted octanol–water partition coefficient (Wildman–Crippen LogP) is 2.50. The minimum atomic E-state index is -0.0429. The molecule has 1 aromatic rings. The molecule has 0 bridgehead atoms. The maximum absolute atomic E-state index is 9.32. The summed E-state index contributed by atoms with van der Waals surface area (Å²) in [5.41, 5.74) is 0.499. The molecule has 1 heterocycles. The molecular formula is C13H23N3O. The van der Waals surface area contributed by atoms with Crippen LogP contribution in [0.5, 0.6) is 0 Å². The first-order chi connectivity index (χ1) is 7.75. The fourth-order valence-corrected chi connectivity index (χ4v) is 3.05. The van der Waals surface area contributed by atoms with E-state index in [1.165, 1.54) is 0 Å². The van der Waals surface area contributed by atoms with Crippen LogP contribution in [-0.4, -0.2) is 19.9 Å². The summed E-state index contributed by atoms with van der Waals surface area (Å²) in [7, 11) is 0. The highest BCUT2D eigenvalue weighted by Crippen LogP contribution is 2.73. The molecule has 4 heteroatoms. The molecule has 0 aromatic carbocycles. The lowest BCUT2D eigenvalue weighted by Crippen LogP contribution is -2.11. The third kappa shape index (κ3) is 1.53. The fourth-order valence-electron chi connectivity index (χ4n) is 3.05. The lowest BCUT2D eigenvalue weighted by atomic mass is 10.0. The Morgan fingerprint density at radius 3 is 2.06 bits per heavy atom. The minimum Gasteiger partial charge on any atom is -0.388 e. The molecule has 1 aliphatic rings.